The van der Waals surface area contributed by atoms with E-state index in [-0.39, 0.29) is 6.04 Å². The molecule has 112 valence electrons. The summed E-state index contributed by atoms with van der Waals surface area (Å²) in [6.07, 6.45) is 6.33. The zero-order valence-corrected chi connectivity index (χ0v) is 13.4. The number of hydrogen-bond acceptors (Lipinski definition) is 3. The molecule has 1 N–H and O–H groups in total. The van der Waals surface area contributed by atoms with E-state index in [1.54, 1.807) is 12.1 Å². The lowest BCUT2D eigenvalue weighted by Crippen LogP contribution is -2.34. The zero-order valence-electron chi connectivity index (χ0n) is 12.6. The Morgan fingerprint density at radius 1 is 1.10 bits per heavy atom. The van der Waals surface area contributed by atoms with Crippen molar-refractivity contribution in [3.8, 4) is 0 Å². The van der Waals surface area contributed by atoms with Gasteiger partial charge in [0, 0.05) is 18.3 Å². The third kappa shape index (κ3) is 4.06. The SMILES string of the molecule is CC1CCC(NC(C)c2ccc(S(C)(=O)=O)cc2)CC1. The first kappa shape index (κ1) is 15.5. The van der Waals surface area contributed by atoms with Gasteiger partial charge in [-0.25, -0.2) is 8.42 Å². The number of benzene rings is 1. The van der Waals surface area contributed by atoms with Crippen LogP contribution in [0.4, 0.5) is 0 Å². The van der Waals surface area contributed by atoms with Gasteiger partial charge in [0.15, 0.2) is 9.84 Å². The fraction of sp³-hybridized carbons (Fsp3) is 0.625. The number of hydrogen-bond donors (Lipinski definition) is 1. The molecule has 1 unspecified atom stereocenters. The highest BCUT2D eigenvalue weighted by Crippen LogP contribution is 2.25. The smallest absolute Gasteiger partial charge is 0.175 e. The first-order valence-corrected chi connectivity index (χ1v) is 9.31. The van der Waals surface area contributed by atoms with Crippen molar-refractivity contribution in [3.05, 3.63) is 29.8 Å². The van der Waals surface area contributed by atoms with Crippen molar-refractivity contribution >= 4 is 9.84 Å². The van der Waals surface area contributed by atoms with Crippen LogP contribution in [0, 0.1) is 5.92 Å². The molecule has 0 aromatic heterocycles. The first-order valence-electron chi connectivity index (χ1n) is 7.42. The second-order valence-corrected chi connectivity index (χ2v) is 8.20. The summed E-state index contributed by atoms with van der Waals surface area (Å²) in [6, 6.07) is 8.09. The lowest BCUT2D eigenvalue weighted by molar-refractivity contribution is 0.291. The quantitative estimate of drug-likeness (QED) is 0.927. The Bertz CT molecular complexity index is 528. The number of rotatable bonds is 4. The third-order valence-corrected chi connectivity index (χ3v) is 5.44. The molecule has 1 aliphatic rings. The molecule has 1 fully saturated rings. The molecule has 1 aromatic carbocycles. The fourth-order valence-electron chi connectivity index (χ4n) is 2.88. The van der Waals surface area contributed by atoms with Crippen molar-refractivity contribution in [2.45, 2.75) is 56.5 Å². The van der Waals surface area contributed by atoms with E-state index < -0.39 is 9.84 Å². The van der Waals surface area contributed by atoms with Crippen LogP contribution in [0.15, 0.2) is 29.2 Å². The van der Waals surface area contributed by atoms with Crippen LogP contribution in [-0.2, 0) is 9.84 Å². The minimum Gasteiger partial charge on any atom is -0.307 e. The Hall–Kier alpha value is -0.870. The van der Waals surface area contributed by atoms with Crippen LogP contribution in [0.1, 0.15) is 51.1 Å². The van der Waals surface area contributed by atoms with Gasteiger partial charge in [0.1, 0.15) is 0 Å². The number of nitrogens with one attached hydrogen (secondary N) is 1. The highest BCUT2D eigenvalue weighted by molar-refractivity contribution is 7.90. The minimum atomic E-state index is -3.10. The van der Waals surface area contributed by atoms with E-state index in [0.717, 1.165) is 11.5 Å². The van der Waals surface area contributed by atoms with Crippen LogP contribution < -0.4 is 5.32 Å². The van der Waals surface area contributed by atoms with Crippen molar-refractivity contribution in [2.75, 3.05) is 6.26 Å². The second kappa shape index (κ2) is 6.27. The van der Waals surface area contributed by atoms with Gasteiger partial charge in [-0.15, -0.1) is 0 Å². The predicted molar refractivity (Wildman–Crippen MR) is 82.5 cm³/mol. The highest BCUT2D eigenvalue weighted by Gasteiger charge is 2.20. The molecule has 0 spiro atoms. The molecule has 1 aromatic rings. The standard InChI is InChI=1S/C16H25NO2S/c1-12-4-8-15(9-5-12)17-13(2)14-6-10-16(11-7-14)20(3,18)19/h6-7,10-13,15,17H,4-5,8-9H2,1-3H3. The molecule has 2 rings (SSSR count). The van der Waals surface area contributed by atoms with Crippen molar-refractivity contribution in [2.24, 2.45) is 5.92 Å². The molecule has 0 radical (unpaired) electrons. The summed E-state index contributed by atoms with van der Waals surface area (Å²) >= 11 is 0. The van der Waals surface area contributed by atoms with E-state index in [0.29, 0.717) is 10.9 Å². The average Bonchev–Trinajstić information content (AvgIpc) is 2.40. The highest BCUT2D eigenvalue weighted by atomic mass is 32.2. The van der Waals surface area contributed by atoms with Gasteiger partial charge in [-0.05, 0) is 56.2 Å². The normalized spacial score (nSPS) is 25.4. The van der Waals surface area contributed by atoms with Gasteiger partial charge in [-0.1, -0.05) is 19.1 Å². The molecule has 3 nitrogen and oxygen atoms in total. The summed E-state index contributed by atoms with van der Waals surface area (Å²) in [4.78, 5) is 0.389. The van der Waals surface area contributed by atoms with Crippen LogP contribution in [0.25, 0.3) is 0 Å². The Morgan fingerprint density at radius 2 is 1.65 bits per heavy atom. The molecule has 20 heavy (non-hydrogen) atoms. The van der Waals surface area contributed by atoms with Crippen molar-refractivity contribution in [1.82, 2.24) is 5.32 Å². The molecule has 1 atom stereocenters. The summed E-state index contributed by atoms with van der Waals surface area (Å²) in [7, 11) is -3.10. The van der Waals surface area contributed by atoms with Gasteiger partial charge >= 0.3 is 0 Å². The summed E-state index contributed by atoms with van der Waals surface area (Å²) in [5.74, 6) is 0.859. The Balaban J connectivity index is 1.97. The third-order valence-electron chi connectivity index (χ3n) is 4.31. The zero-order chi connectivity index (χ0) is 14.8. The molecule has 1 saturated carbocycles. The van der Waals surface area contributed by atoms with Crippen molar-refractivity contribution in [1.29, 1.82) is 0 Å². The van der Waals surface area contributed by atoms with Gasteiger partial charge in [0.25, 0.3) is 0 Å². The van der Waals surface area contributed by atoms with E-state index in [9.17, 15) is 8.42 Å². The molecule has 4 heteroatoms. The number of sulfone groups is 1. The maximum absolute atomic E-state index is 11.4. The summed E-state index contributed by atoms with van der Waals surface area (Å²) in [5, 5.41) is 3.66. The summed E-state index contributed by atoms with van der Waals surface area (Å²) < 4.78 is 22.9. The van der Waals surface area contributed by atoms with E-state index in [4.69, 9.17) is 0 Å². The minimum absolute atomic E-state index is 0.266. The summed E-state index contributed by atoms with van der Waals surface area (Å²) in [5.41, 5.74) is 1.15. The van der Waals surface area contributed by atoms with Crippen LogP contribution in [-0.4, -0.2) is 20.7 Å². The van der Waals surface area contributed by atoms with Crippen LogP contribution >= 0.6 is 0 Å². The molecule has 0 bridgehead atoms. The molecule has 0 amide bonds. The fourth-order valence-corrected chi connectivity index (χ4v) is 3.51. The van der Waals surface area contributed by atoms with Crippen LogP contribution in [0.2, 0.25) is 0 Å². The lowest BCUT2D eigenvalue weighted by Gasteiger charge is -2.29. The summed E-state index contributed by atoms with van der Waals surface area (Å²) in [6.45, 7) is 4.47. The average molecular weight is 295 g/mol. The molecule has 1 aliphatic carbocycles. The molecule has 0 aliphatic heterocycles. The largest absolute Gasteiger partial charge is 0.307 e. The topological polar surface area (TPSA) is 46.2 Å². The Labute approximate surface area is 122 Å². The molecule has 0 saturated heterocycles. The first-order chi connectivity index (χ1) is 9.36. The van der Waals surface area contributed by atoms with Gasteiger partial charge in [-0.2, -0.15) is 0 Å². The molecular weight excluding hydrogens is 270 g/mol. The van der Waals surface area contributed by atoms with Gasteiger partial charge in [-0.3, -0.25) is 0 Å². The maximum atomic E-state index is 11.4. The van der Waals surface area contributed by atoms with Crippen molar-refractivity contribution in [3.63, 3.8) is 0 Å². The van der Waals surface area contributed by atoms with Crippen molar-refractivity contribution < 1.29 is 8.42 Å². The van der Waals surface area contributed by atoms with Crippen LogP contribution in [0.3, 0.4) is 0 Å². The van der Waals surface area contributed by atoms with E-state index in [1.165, 1.54) is 31.9 Å². The molecule has 0 heterocycles. The second-order valence-electron chi connectivity index (χ2n) is 6.19. The Morgan fingerprint density at radius 3 is 2.15 bits per heavy atom. The monoisotopic (exact) mass is 295 g/mol. The lowest BCUT2D eigenvalue weighted by atomic mass is 9.87. The van der Waals surface area contributed by atoms with E-state index in [2.05, 4.69) is 19.2 Å². The van der Waals surface area contributed by atoms with Gasteiger partial charge < -0.3 is 5.32 Å². The van der Waals surface area contributed by atoms with Gasteiger partial charge in [0.2, 0.25) is 0 Å². The predicted octanol–water partition coefficient (Wildman–Crippen LogP) is 3.32. The van der Waals surface area contributed by atoms with E-state index >= 15 is 0 Å². The van der Waals surface area contributed by atoms with Gasteiger partial charge in [0.05, 0.1) is 4.90 Å². The van der Waals surface area contributed by atoms with E-state index in [1.807, 2.05) is 12.1 Å². The maximum Gasteiger partial charge on any atom is 0.175 e. The van der Waals surface area contributed by atoms with Crippen LogP contribution in [0.5, 0.6) is 0 Å². The Kier molecular flexibility index (Phi) is 4.86. The molecular formula is C16H25NO2S.